The molecule has 2 unspecified atom stereocenters. The highest BCUT2D eigenvalue weighted by atomic mass is 32.2. The molecule has 0 saturated carbocycles. The van der Waals surface area contributed by atoms with E-state index < -0.39 is 9.84 Å². The predicted octanol–water partition coefficient (Wildman–Crippen LogP) is 5.48. The molecule has 0 spiro atoms. The van der Waals surface area contributed by atoms with Gasteiger partial charge in [0.05, 0.1) is 12.3 Å². The quantitative estimate of drug-likeness (QED) is 0.287. The summed E-state index contributed by atoms with van der Waals surface area (Å²) in [6.07, 6.45) is 3.58. The molecule has 5 nitrogen and oxygen atoms in total. The molecule has 0 aromatic heterocycles. The van der Waals surface area contributed by atoms with Gasteiger partial charge >= 0.3 is 0 Å². The molecule has 41 heavy (non-hydrogen) atoms. The minimum Gasteiger partial charge on any atom is -0.298 e. The number of ketones is 1. The molecule has 3 aromatic carbocycles. The highest BCUT2D eigenvalue weighted by Crippen LogP contribution is 2.31. The summed E-state index contributed by atoms with van der Waals surface area (Å²) in [7, 11) is -3.12. The Morgan fingerprint density at radius 3 is 2.10 bits per heavy atom. The molecule has 0 amide bonds. The topological polar surface area (TPSA) is 57.7 Å². The molecule has 1 heterocycles. The van der Waals surface area contributed by atoms with Gasteiger partial charge in [0, 0.05) is 44.9 Å². The smallest absolute Gasteiger partial charge is 0.151 e. The van der Waals surface area contributed by atoms with Gasteiger partial charge in [0.1, 0.15) is 0 Å². The van der Waals surface area contributed by atoms with Crippen LogP contribution in [0.15, 0.2) is 84.9 Å². The van der Waals surface area contributed by atoms with Gasteiger partial charge in [-0.1, -0.05) is 106 Å². The molecule has 1 fully saturated rings. The van der Waals surface area contributed by atoms with Gasteiger partial charge in [-0.05, 0) is 46.4 Å². The van der Waals surface area contributed by atoms with Crippen molar-refractivity contribution < 1.29 is 13.2 Å². The summed E-state index contributed by atoms with van der Waals surface area (Å²) in [5.74, 6) is 0.679. The molecule has 1 aliphatic rings. The average Bonchev–Trinajstić information content (AvgIpc) is 2.89. The third-order valence-corrected chi connectivity index (χ3v) is 9.09. The number of rotatable bonds is 12. The van der Waals surface area contributed by atoms with E-state index in [1.54, 1.807) is 0 Å². The number of carbonyl (C=O) groups excluding carboxylic acids is 1. The standard InChI is InChI=1S/C35H46N2O3S/c1-35(2,3)32(21-28-12-7-5-8-13-28)24-37-19-18-36(25-33(37)22-29-14-9-6-10-15-29)26-34(38)23-30-16-11-17-31(20-30)27-41(4,39)40/h5-17,20,32-33H,18-19,21-27H2,1-4H3. The number of carbonyl (C=O) groups is 1. The maximum absolute atomic E-state index is 13.2. The van der Waals surface area contributed by atoms with Gasteiger partial charge in [0.15, 0.2) is 15.6 Å². The van der Waals surface area contributed by atoms with E-state index >= 15 is 0 Å². The van der Waals surface area contributed by atoms with E-state index in [0.717, 1.165) is 50.1 Å². The SMILES string of the molecule is CC(C)(C)C(Cc1ccccc1)CN1CCN(CC(=O)Cc2cccc(CS(C)(=O)=O)c2)CC1Cc1ccccc1. The summed E-state index contributed by atoms with van der Waals surface area (Å²) in [6.45, 7) is 11.2. The van der Waals surface area contributed by atoms with E-state index in [0.29, 0.717) is 24.9 Å². The van der Waals surface area contributed by atoms with Crippen molar-refractivity contribution >= 4 is 15.6 Å². The van der Waals surface area contributed by atoms with Crippen molar-refractivity contribution in [2.75, 3.05) is 39.0 Å². The Morgan fingerprint density at radius 1 is 0.854 bits per heavy atom. The van der Waals surface area contributed by atoms with Gasteiger partial charge in [0.2, 0.25) is 0 Å². The maximum atomic E-state index is 13.2. The number of piperazine rings is 1. The number of sulfone groups is 1. The van der Waals surface area contributed by atoms with Gasteiger partial charge in [-0.2, -0.15) is 0 Å². The Balaban J connectivity index is 1.44. The maximum Gasteiger partial charge on any atom is 0.151 e. The minimum atomic E-state index is -3.12. The van der Waals surface area contributed by atoms with Crippen LogP contribution >= 0.6 is 0 Å². The molecule has 1 saturated heterocycles. The van der Waals surface area contributed by atoms with Crippen molar-refractivity contribution in [2.24, 2.45) is 11.3 Å². The molecule has 220 valence electrons. The lowest BCUT2D eigenvalue weighted by Gasteiger charge is -2.45. The van der Waals surface area contributed by atoms with Gasteiger partial charge < -0.3 is 0 Å². The largest absolute Gasteiger partial charge is 0.298 e. The van der Waals surface area contributed by atoms with Gasteiger partial charge in [-0.3, -0.25) is 14.6 Å². The summed E-state index contributed by atoms with van der Waals surface area (Å²) in [4.78, 5) is 18.1. The van der Waals surface area contributed by atoms with E-state index in [1.807, 2.05) is 24.3 Å². The highest BCUT2D eigenvalue weighted by Gasteiger charge is 2.33. The second-order valence-electron chi connectivity index (χ2n) is 12.9. The molecule has 0 radical (unpaired) electrons. The van der Waals surface area contributed by atoms with Crippen molar-refractivity contribution in [1.29, 1.82) is 0 Å². The minimum absolute atomic E-state index is 0.00200. The molecule has 3 aromatic rings. The number of hydrogen-bond donors (Lipinski definition) is 0. The summed E-state index contributed by atoms with van der Waals surface area (Å²) >= 11 is 0. The fourth-order valence-electron chi connectivity index (χ4n) is 5.91. The first-order valence-electron chi connectivity index (χ1n) is 14.8. The molecular weight excluding hydrogens is 528 g/mol. The third kappa shape index (κ3) is 10.2. The van der Waals surface area contributed by atoms with E-state index in [9.17, 15) is 13.2 Å². The molecule has 6 heteroatoms. The van der Waals surface area contributed by atoms with Crippen molar-refractivity contribution in [3.63, 3.8) is 0 Å². The molecule has 4 rings (SSSR count). The lowest BCUT2D eigenvalue weighted by atomic mass is 9.76. The first kappa shape index (κ1) is 31.1. The monoisotopic (exact) mass is 574 g/mol. The second kappa shape index (κ2) is 13.9. The third-order valence-electron chi connectivity index (χ3n) is 8.23. The van der Waals surface area contributed by atoms with E-state index in [2.05, 4.69) is 91.2 Å². The van der Waals surface area contributed by atoms with Crippen LogP contribution in [0.1, 0.15) is 43.0 Å². The van der Waals surface area contributed by atoms with E-state index in [4.69, 9.17) is 0 Å². The Bertz CT molecular complexity index is 1370. The molecule has 1 aliphatic heterocycles. The molecule has 0 N–H and O–H groups in total. The molecule has 0 bridgehead atoms. The molecule has 0 aliphatic carbocycles. The van der Waals surface area contributed by atoms with Crippen LogP contribution in [0.3, 0.4) is 0 Å². The van der Waals surface area contributed by atoms with Crippen LogP contribution in [0.2, 0.25) is 0 Å². The van der Waals surface area contributed by atoms with Crippen LogP contribution in [0.25, 0.3) is 0 Å². The fourth-order valence-corrected chi connectivity index (χ4v) is 6.70. The zero-order valence-corrected chi connectivity index (χ0v) is 25.9. The summed E-state index contributed by atoms with van der Waals surface area (Å²) < 4.78 is 23.4. The van der Waals surface area contributed by atoms with Crippen LogP contribution in [0.4, 0.5) is 0 Å². The predicted molar refractivity (Wildman–Crippen MR) is 169 cm³/mol. The lowest BCUT2D eigenvalue weighted by molar-refractivity contribution is -0.120. The van der Waals surface area contributed by atoms with Crippen molar-refractivity contribution in [3.8, 4) is 0 Å². The van der Waals surface area contributed by atoms with Crippen molar-refractivity contribution in [2.45, 2.75) is 51.8 Å². The Morgan fingerprint density at radius 2 is 1.46 bits per heavy atom. The van der Waals surface area contributed by atoms with Crippen molar-refractivity contribution in [3.05, 3.63) is 107 Å². The summed E-state index contributed by atoms with van der Waals surface area (Å²) in [5, 5.41) is 0. The van der Waals surface area contributed by atoms with Crippen LogP contribution < -0.4 is 0 Å². The Hall–Kier alpha value is -2.80. The molecular formula is C35H46N2O3S. The first-order valence-corrected chi connectivity index (χ1v) is 16.8. The number of benzene rings is 3. The lowest BCUT2D eigenvalue weighted by Crippen LogP contribution is -2.56. The van der Waals surface area contributed by atoms with Gasteiger partial charge in [0.25, 0.3) is 0 Å². The zero-order chi connectivity index (χ0) is 29.5. The Labute approximate surface area is 247 Å². The van der Waals surface area contributed by atoms with E-state index in [1.165, 1.54) is 17.4 Å². The van der Waals surface area contributed by atoms with Crippen LogP contribution in [0.5, 0.6) is 0 Å². The van der Waals surface area contributed by atoms with Crippen LogP contribution in [-0.2, 0) is 39.6 Å². The summed E-state index contributed by atoms with van der Waals surface area (Å²) in [5.41, 5.74) is 4.50. The average molecular weight is 575 g/mol. The van der Waals surface area contributed by atoms with Crippen LogP contribution in [-0.4, -0.2) is 69.0 Å². The van der Waals surface area contributed by atoms with Gasteiger partial charge in [-0.15, -0.1) is 0 Å². The second-order valence-corrected chi connectivity index (χ2v) is 15.1. The first-order chi connectivity index (χ1) is 19.4. The highest BCUT2D eigenvalue weighted by molar-refractivity contribution is 7.89. The normalized spacial score (nSPS) is 17.8. The van der Waals surface area contributed by atoms with Gasteiger partial charge in [-0.25, -0.2) is 8.42 Å². The Kier molecular flexibility index (Phi) is 10.6. The molecule has 2 atom stereocenters. The summed E-state index contributed by atoms with van der Waals surface area (Å²) in [6, 6.07) is 29.3. The zero-order valence-electron chi connectivity index (χ0n) is 25.1. The van der Waals surface area contributed by atoms with E-state index in [-0.39, 0.29) is 17.0 Å². The van der Waals surface area contributed by atoms with Crippen LogP contribution in [0, 0.1) is 11.3 Å². The fraction of sp³-hybridized carbons (Fsp3) is 0.457. The number of nitrogens with zero attached hydrogens (tertiary/aromatic N) is 2. The van der Waals surface area contributed by atoms with Crippen molar-refractivity contribution in [1.82, 2.24) is 9.80 Å². The number of Topliss-reactive ketones (excluding diaryl/α,β-unsaturated/α-hetero) is 1. The number of hydrogen-bond acceptors (Lipinski definition) is 5.